The van der Waals surface area contributed by atoms with Crippen LogP contribution < -0.4 is 5.73 Å². The maximum absolute atomic E-state index is 10.5. The van der Waals surface area contributed by atoms with Gasteiger partial charge in [-0.25, -0.2) is 0 Å². The smallest absolute Gasteiger partial charge is 0.270 e. The van der Waals surface area contributed by atoms with E-state index < -0.39 is 4.92 Å². The molecule has 0 fully saturated rings. The van der Waals surface area contributed by atoms with E-state index in [0.717, 1.165) is 12.0 Å². The minimum Gasteiger partial charge on any atom is -0.328 e. The second-order valence-corrected chi connectivity index (χ2v) is 4.48. The summed E-state index contributed by atoms with van der Waals surface area (Å²) in [6.07, 6.45) is 0.731. The van der Waals surface area contributed by atoms with Gasteiger partial charge in [0.2, 0.25) is 0 Å². The zero-order valence-electron chi connectivity index (χ0n) is 9.31. The second kappa shape index (κ2) is 5.27. The molecule has 2 unspecified atom stereocenters. The first-order chi connectivity index (χ1) is 7.41. The van der Waals surface area contributed by atoms with Gasteiger partial charge >= 0.3 is 0 Å². The number of nitro groups is 1. The van der Waals surface area contributed by atoms with E-state index in [9.17, 15) is 10.1 Å². The van der Waals surface area contributed by atoms with E-state index in [0.29, 0.717) is 10.9 Å². The molecule has 0 aliphatic carbocycles. The average Bonchev–Trinajstić information content (AvgIpc) is 2.20. The predicted molar refractivity (Wildman–Crippen MR) is 64.6 cm³/mol. The average molecular weight is 243 g/mol. The van der Waals surface area contributed by atoms with Gasteiger partial charge in [0.15, 0.2) is 0 Å². The maximum Gasteiger partial charge on any atom is 0.270 e. The Labute approximate surface area is 99.6 Å². The van der Waals surface area contributed by atoms with Gasteiger partial charge in [-0.1, -0.05) is 24.6 Å². The number of rotatable bonds is 4. The Bertz CT molecular complexity index is 394. The molecule has 0 bridgehead atoms. The number of nitro benzene ring substituents is 1. The van der Waals surface area contributed by atoms with Crippen molar-refractivity contribution >= 4 is 17.3 Å². The van der Waals surface area contributed by atoms with Crippen molar-refractivity contribution in [2.24, 2.45) is 11.7 Å². The Morgan fingerprint density at radius 3 is 2.56 bits per heavy atom. The molecule has 5 heteroatoms. The highest BCUT2D eigenvalue weighted by Crippen LogP contribution is 2.25. The van der Waals surface area contributed by atoms with Gasteiger partial charge in [-0.2, -0.15) is 0 Å². The normalized spacial score (nSPS) is 14.5. The molecule has 2 atom stereocenters. The molecule has 88 valence electrons. The number of benzene rings is 1. The fraction of sp³-hybridized carbons (Fsp3) is 0.455. The van der Waals surface area contributed by atoms with Crippen molar-refractivity contribution in [2.45, 2.75) is 26.3 Å². The third kappa shape index (κ3) is 3.18. The van der Waals surface area contributed by atoms with Crippen molar-refractivity contribution in [3.05, 3.63) is 38.9 Å². The molecule has 1 aromatic rings. The van der Waals surface area contributed by atoms with Crippen molar-refractivity contribution in [1.29, 1.82) is 0 Å². The number of halogens is 1. The van der Waals surface area contributed by atoms with Gasteiger partial charge in [0.1, 0.15) is 0 Å². The van der Waals surface area contributed by atoms with Gasteiger partial charge in [-0.05, 0) is 24.8 Å². The molecule has 1 aromatic carbocycles. The zero-order valence-corrected chi connectivity index (χ0v) is 10.1. The van der Waals surface area contributed by atoms with Crippen LogP contribution in [0, 0.1) is 16.0 Å². The molecule has 1 rings (SSSR count). The SMILES string of the molecule is CC(N)C(C)Cc1ccc([N+](=O)[O-])cc1Cl. The molecule has 0 aromatic heterocycles. The standard InChI is InChI=1S/C11H15ClN2O2/c1-7(8(2)13)5-9-3-4-10(14(15)16)6-11(9)12/h3-4,6-8H,5,13H2,1-2H3. The van der Waals surface area contributed by atoms with Crippen molar-refractivity contribution in [3.63, 3.8) is 0 Å². The molecule has 0 saturated carbocycles. The van der Waals surface area contributed by atoms with Crippen LogP contribution in [0.2, 0.25) is 5.02 Å². The first kappa shape index (κ1) is 12.9. The first-order valence-electron chi connectivity index (χ1n) is 5.10. The van der Waals surface area contributed by atoms with E-state index in [1.54, 1.807) is 6.07 Å². The summed E-state index contributed by atoms with van der Waals surface area (Å²) in [7, 11) is 0. The minimum absolute atomic E-state index is 0.0159. The number of non-ortho nitro benzene ring substituents is 1. The van der Waals surface area contributed by atoms with Crippen LogP contribution in [0.3, 0.4) is 0 Å². The molecule has 0 radical (unpaired) electrons. The molecule has 0 amide bonds. The van der Waals surface area contributed by atoms with Gasteiger partial charge in [-0.15, -0.1) is 0 Å². The van der Waals surface area contributed by atoms with Gasteiger partial charge < -0.3 is 5.73 Å². The lowest BCUT2D eigenvalue weighted by Crippen LogP contribution is -2.25. The molecule has 0 aliphatic heterocycles. The molecule has 4 nitrogen and oxygen atoms in total. The number of nitrogens with zero attached hydrogens (tertiary/aromatic N) is 1. The summed E-state index contributed by atoms with van der Waals surface area (Å²) in [5, 5.41) is 11.0. The van der Waals surface area contributed by atoms with E-state index in [2.05, 4.69) is 0 Å². The van der Waals surface area contributed by atoms with Gasteiger partial charge in [0, 0.05) is 18.2 Å². The van der Waals surface area contributed by atoms with E-state index in [4.69, 9.17) is 17.3 Å². The van der Waals surface area contributed by atoms with Crippen LogP contribution in [0.15, 0.2) is 18.2 Å². The van der Waals surface area contributed by atoms with Crippen LogP contribution in [0.25, 0.3) is 0 Å². The fourth-order valence-electron chi connectivity index (χ4n) is 1.35. The molecule has 2 N–H and O–H groups in total. The largest absolute Gasteiger partial charge is 0.328 e. The quantitative estimate of drug-likeness (QED) is 0.652. The van der Waals surface area contributed by atoms with Crippen LogP contribution >= 0.6 is 11.6 Å². The Morgan fingerprint density at radius 1 is 1.50 bits per heavy atom. The summed E-state index contributed by atoms with van der Waals surface area (Å²) < 4.78 is 0. The molecular weight excluding hydrogens is 228 g/mol. The van der Waals surface area contributed by atoms with Crippen LogP contribution in [0.1, 0.15) is 19.4 Å². The van der Waals surface area contributed by atoms with Crippen LogP contribution in [0.4, 0.5) is 5.69 Å². The zero-order chi connectivity index (χ0) is 12.3. The molecule has 0 heterocycles. The van der Waals surface area contributed by atoms with E-state index in [1.807, 2.05) is 13.8 Å². The summed E-state index contributed by atoms with van der Waals surface area (Å²) >= 11 is 5.98. The number of hydrogen-bond acceptors (Lipinski definition) is 3. The van der Waals surface area contributed by atoms with Crippen molar-refractivity contribution in [1.82, 2.24) is 0 Å². The summed E-state index contributed by atoms with van der Waals surface area (Å²) in [5.41, 5.74) is 6.68. The van der Waals surface area contributed by atoms with Gasteiger partial charge in [0.05, 0.1) is 9.95 Å². The lowest BCUT2D eigenvalue weighted by atomic mass is 9.95. The monoisotopic (exact) mass is 242 g/mol. The second-order valence-electron chi connectivity index (χ2n) is 4.07. The van der Waals surface area contributed by atoms with Gasteiger partial charge in [0.25, 0.3) is 5.69 Å². The molecule has 0 aliphatic rings. The maximum atomic E-state index is 10.5. The molecule has 0 spiro atoms. The fourth-order valence-corrected chi connectivity index (χ4v) is 1.60. The lowest BCUT2D eigenvalue weighted by Gasteiger charge is -2.15. The Morgan fingerprint density at radius 2 is 2.12 bits per heavy atom. The summed E-state index contributed by atoms with van der Waals surface area (Å²) in [6.45, 7) is 3.96. The first-order valence-corrected chi connectivity index (χ1v) is 5.48. The highest BCUT2D eigenvalue weighted by Gasteiger charge is 2.13. The third-order valence-corrected chi connectivity index (χ3v) is 3.04. The summed E-state index contributed by atoms with van der Waals surface area (Å²) in [4.78, 5) is 10.1. The van der Waals surface area contributed by atoms with E-state index in [1.165, 1.54) is 12.1 Å². The third-order valence-electron chi connectivity index (χ3n) is 2.69. The minimum atomic E-state index is -0.454. The van der Waals surface area contributed by atoms with Crippen LogP contribution in [-0.4, -0.2) is 11.0 Å². The van der Waals surface area contributed by atoms with E-state index in [-0.39, 0.29) is 11.7 Å². The molecular formula is C11H15ClN2O2. The van der Waals surface area contributed by atoms with Crippen molar-refractivity contribution in [2.75, 3.05) is 0 Å². The lowest BCUT2D eigenvalue weighted by molar-refractivity contribution is -0.384. The Hall–Kier alpha value is -1.13. The van der Waals surface area contributed by atoms with Gasteiger partial charge in [-0.3, -0.25) is 10.1 Å². The van der Waals surface area contributed by atoms with Crippen molar-refractivity contribution in [3.8, 4) is 0 Å². The van der Waals surface area contributed by atoms with E-state index >= 15 is 0 Å². The number of hydrogen-bond donors (Lipinski definition) is 1. The van der Waals surface area contributed by atoms with Crippen LogP contribution in [-0.2, 0) is 6.42 Å². The molecule has 0 saturated heterocycles. The Kier molecular flexibility index (Phi) is 4.26. The highest BCUT2D eigenvalue weighted by molar-refractivity contribution is 6.31. The molecule has 16 heavy (non-hydrogen) atoms. The number of nitrogens with two attached hydrogens (primary N) is 1. The highest BCUT2D eigenvalue weighted by atomic mass is 35.5. The topological polar surface area (TPSA) is 69.2 Å². The Balaban J connectivity index is 2.87. The van der Waals surface area contributed by atoms with Crippen molar-refractivity contribution < 1.29 is 4.92 Å². The summed E-state index contributed by atoms with van der Waals surface area (Å²) in [6, 6.07) is 4.62. The van der Waals surface area contributed by atoms with Crippen LogP contribution in [0.5, 0.6) is 0 Å². The summed E-state index contributed by atoms with van der Waals surface area (Å²) in [5.74, 6) is 0.291. The predicted octanol–water partition coefficient (Wildman–Crippen LogP) is 2.77.